The van der Waals surface area contributed by atoms with E-state index in [0.29, 0.717) is 12.1 Å². The van der Waals surface area contributed by atoms with Gasteiger partial charge in [-0.05, 0) is 57.1 Å². The summed E-state index contributed by atoms with van der Waals surface area (Å²) < 4.78 is 12.5. The molecule has 2 unspecified atom stereocenters. The average molecular weight is 271 g/mol. The first-order valence-corrected chi connectivity index (χ1v) is 7.63. The smallest absolute Gasteiger partial charge is 0.399 e. The summed E-state index contributed by atoms with van der Waals surface area (Å²) in [4.78, 5) is 0. The van der Waals surface area contributed by atoms with Crippen molar-refractivity contribution in [1.29, 1.82) is 0 Å². The Morgan fingerprint density at radius 3 is 2.40 bits per heavy atom. The van der Waals surface area contributed by atoms with E-state index < -0.39 is 0 Å². The molecule has 2 fully saturated rings. The van der Waals surface area contributed by atoms with Crippen LogP contribution in [0.3, 0.4) is 0 Å². The van der Waals surface area contributed by atoms with Crippen LogP contribution in [0.2, 0.25) is 0 Å². The zero-order valence-corrected chi connectivity index (χ0v) is 12.7. The monoisotopic (exact) mass is 271 g/mol. The molecule has 0 saturated carbocycles. The van der Waals surface area contributed by atoms with Gasteiger partial charge in [-0.3, -0.25) is 0 Å². The molecule has 3 heterocycles. The minimum Gasteiger partial charge on any atom is -0.399 e. The summed E-state index contributed by atoms with van der Waals surface area (Å²) in [7, 11) is -0.240. The van der Waals surface area contributed by atoms with E-state index >= 15 is 0 Å². The maximum atomic E-state index is 6.23. The fraction of sp³-hybridized carbons (Fsp3) is 0.625. The number of benzene rings is 1. The van der Waals surface area contributed by atoms with Gasteiger partial charge in [-0.25, -0.2) is 0 Å². The van der Waals surface area contributed by atoms with E-state index in [9.17, 15) is 0 Å². The van der Waals surface area contributed by atoms with E-state index in [1.165, 1.54) is 29.4 Å². The Morgan fingerprint density at radius 1 is 1.05 bits per heavy atom. The molecule has 0 amide bonds. The van der Waals surface area contributed by atoms with Gasteiger partial charge in [0.25, 0.3) is 0 Å². The van der Waals surface area contributed by atoms with E-state index in [-0.39, 0.29) is 18.3 Å². The quantitative estimate of drug-likeness (QED) is 0.796. The Kier molecular flexibility index (Phi) is 2.49. The van der Waals surface area contributed by atoms with Gasteiger partial charge in [0, 0.05) is 12.1 Å². The maximum Gasteiger partial charge on any atom is 0.495 e. The maximum absolute atomic E-state index is 6.23. The Morgan fingerprint density at radius 2 is 1.70 bits per heavy atom. The minimum atomic E-state index is -0.272. The van der Waals surface area contributed by atoms with Crippen LogP contribution in [0, 0.1) is 0 Å². The van der Waals surface area contributed by atoms with E-state index in [1.54, 1.807) is 0 Å². The summed E-state index contributed by atoms with van der Waals surface area (Å²) in [6, 6.07) is 7.59. The summed E-state index contributed by atoms with van der Waals surface area (Å²) in [5.74, 6) is 0. The van der Waals surface area contributed by atoms with Gasteiger partial charge in [-0.1, -0.05) is 18.2 Å². The first-order chi connectivity index (χ1) is 9.39. The van der Waals surface area contributed by atoms with Crippen molar-refractivity contribution in [1.82, 2.24) is 5.32 Å². The van der Waals surface area contributed by atoms with Crippen molar-refractivity contribution < 1.29 is 9.31 Å². The second-order valence-electron chi connectivity index (χ2n) is 7.29. The SMILES string of the molecule is CC1(C)OB(c2cccc3c2C2CCC3N2)OC1(C)C. The highest BCUT2D eigenvalue weighted by molar-refractivity contribution is 6.62. The fourth-order valence-corrected chi connectivity index (χ4v) is 3.70. The van der Waals surface area contributed by atoms with Gasteiger partial charge < -0.3 is 14.6 Å². The Balaban J connectivity index is 1.76. The normalized spacial score (nSPS) is 32.7. The summed E-state index contributed by atoms with van der Waals surface area (Å²) in [6.07, 6.45) is 2.48. The van der Waals surface area contributed by atoms with Crippen molar-refractivity contribution in [3.8, 4) is 0 Å². The van der Waals surface area contributed by atoms with E-state index in [0.717, 1.165) is 0 Å². The van der Waals surface area contributed by atoms with Gasteiger partial charge >= 0.3 is 7.12 Å². The van der Waals surface area contributed by atoms with Crippen LogP contribution >= 0.6 is 0 Å². The largest absolute Gasteiger partial charge is 0.495 e. The number of nitrogens with one attached hydrogen (secondary N) is 1. The first kappa shape index (κ1) is 12.9. The van der Waals surface area contributed by atoms with Crippen LogP contribution in [-0.4, -0.2) is 18.3 Å². The molecule has 1 aromatic rings. The van der Waals surface area contributed by atoms with Crippen molar-refractivity contribution in [2.75, 3.05) is 0 Å². The minimum absolute atomic E-state index is 0.240. The number of hydrogen-bond acceptors (Lipinski definition) is 3. The highest BCUT2D eigenvalue weighted by atomic mass is 16.7. The van der Waals surface area contributed by atoms with Crippen molar-refractivity contribution in [3.63, 3.8) is 0 Å². The number of fused-ring (bicyclic) bond motifs is 5. The highest BCUT2D eigenvalue weighted by Crippen LogP contribution is 2.45. The lowest BCUT2D eigenvalue weighted by atomic mass is 9.72. The molecule has 3 nitrogen and oxygen atoms in total. The molecule has 20 heavy (non-hydrogen) atoms. The van der Waals surface area contributed by atoms with Crippen LogP contribution in [0.15, 0.2) is 18.2 Å². The third-order valence-corrected chi connectivity index (χ3v) is 5.55. The van der Waals surface area contributed by atoms with Crippen LogP contribution in [0.1, 0.15) is 63.7 Å². The molecule has 4 heteroatoms. The standard InChI is InChI=1S/C16H22BNO2/c1-15(2)16(3,4)20-17(19-15)11-7-5-6-10-12-8-9-13(18-12)14(10)11/h5-7,12-13,18H,8-9H2,1-4H3. The van der Waals surface area contributed by atoms with Crippen molar-refractivity contribution >= 4 is 12.6 Å². The fourth-order valence-electron chi connectivity index (χ4n) is 3.70. The van der Waals surface area contributed by atoms with Crippen LogP contribution in [0.4, 0.5) is 0 Å². The predicted octanol–water partition coefficient (Wildman–Crippen LogP) is 2.47. The molecule has 106 valence electrons. The van der Waals surface area contributed by atoms with Gasteiger partial charge in [-0.15, -0.1) is 0 Å². The van der Waals surface area contributed by atoms with Crippen molar-refractivity contribution in [2.45, 2.75) is 63.8 Å². The molecule has 3 aliphatic heterocycles. The molecule has 2 saturated heterocycles. The Labute approximate surface area is 121 Å². The molecule has 0 aliphatic carbocycles. The molecule has 4 rings (SSSR count). The number of hydrogen-bond donors (Lipinski definition) is 1. The number of rotatable bonds is 1. The van der Waals surface area contributed by atoms with Gasteiger partial charge in [-0.2, -0.15) is 0 Å². The second kappa shape index (κ2) is 3.87. The third kappa shape index (κ3) is 1.59. The van der Waals surface area contributed by atoms with E-state index in [1.807, 2.05) is 0 Å². The topological polar surface area (TPSA) is 30.5 Å². The van der Waals surface area contributed by atoms with Gasteiger partial charge in [0.05, 0.1) is 11.2 Å². The molecule has 2 bridgehead atoms. The Hall–Kier alpha value is -0.835. The van der Waals surface area contributed by atoms with Crippen molar-refractivity contribution in [2.24, 2.45) is 0 Å². The summed E-state index contributed by atoms with van der Waals surface area (Å²) in [6.45, 7) is 8.45. The molecule has 0 aromatic heterocycles. The van der Waals surface area contributed by atoms with Crippen LogP contribution in [0.25, 0.3) is 0 Å². The lowest BCUT2D eigenvalue weighted by molar-refractivity contribution is 0.00578. The lowest BCUT2D eigenvalue weighted by Gasteiger charge is -2.32. The molecule has 0 radical (unpaired) electrons. The first-order valence-electron chi connectivity index (χ1n) is 7.63. The van der Waals surface area contributed by atoms with Gasteiger partial charge in [0.1, 0.15) is 0 Å². The second-order valence-corrected chi connectivity index (χ2v) is 7.29. The summed E-state index contributed by atoms with van der Waals surface area (Å²) in [5.41, 5.74) is 3.56. The Bertz CT molecular complexity index is 554. The van der Waals surface area contributed by atoms with Gasteiger partial charge in [0.2, 0.25) is 0 Å². The molecular formula is C16H22BNO2. The molecule has 2 atom stereocenters. The molecular weight excluding hydrogens is 249 g/mol. The lowest BCUT2D eigenvalue weighted by Crippen LogP contribution is -2.41. The van der Waals surface area contributed by atoms with Crippen molar-refractivity contribution in [3.05, 3.63) is 29.3 Å². The predicted molar refractivity (Wildman–Crippen MR) is 80.0 cm³/mol. The van der Waals surface area contributed by atoms with Crippen LogP contribution in [0.5, 0.6) is 0 Å². The third-order valence-electron chi connectivity index (χ3n) is 5.55. The molecule has 3 aliphatic rings. The zero-order valence-electron chi connectivity index (χ0n) is 12.7. The van der Waals surface area contributed by atoms with Crippen LogP contribution in [-0.2, 0) is 9.31 Å². The van der Waals surface area contributed by atoms with E-state index in [4.69, 9.17) is 9.31 Å². The van der Waals surface area contributed by atoms with E-state index in [2.05, 4.69) is 51.2 Å². The van der Waals surface area contributed by atoms with Crippen LogP contribution < -0.4 is 10.8 Å². The molecule has 1 N–H and O–H groups in total. The average Bonchev–Trinajstić information content (AvgIpc) is 3.02. The molecule has 1 aromatic carbocycles. The molecule has 0 spiro atoms. The highest BCUT2D eigenvalue weighted by Gasteiger charge is 2.53. The summed E-state index contributed by atoms with van der Waals surface area (Å²) >= 11 is 0. The zero-order chi connectivity index (χ0) is 14.1. The van der Waals surface area contributed by atoms with Gasteiger partial charge in [0.15, 0.2) is 0 Å². The summed E-state index contributed by atoms with van der Waals surface area (Å²) in [5, 5.41) is 3.69.